The van der Waals surface area contributed by atoms with Crippen molar-refractivity contribution in [1.82, 2.24) is 4.31 Å². The van der Waals surface area contributed by atoms with Crippen molar-refractivity contribution in [3.8, 4) is 0 Å². The van der Waals surface area contributed by atoms with Gasteiger partial charge in [0.15, 0.2) is 0 Å². The van der Waals surface area contributed by atoms with Gasteiger partial charge in [0.1, 0.15) is 0 Å². The summed E-state index contributed by atoms with van der Waals surface area (Å²) in [6.07, 6.45) is -0.188. The van der Waals surface area contributed by atoms with Crippen molar-refractivity contribution in [3.63, 3.8) is 0 Å². The van der Waals surface area contributed by atoms with E-state index >= 15 is 0 Å². The Morgan fingerprint density at radius 1 is 1.50 bits per heavy atom. The average Bonchev–Trinajstić information content (AvgIpc) is 2.38. The fraction of sp³-hybridized carbons (Fsp3) is 0.417. The van der Waals surface area contributed by atoms with E-state index in [4.69, 9.17) is 16.7 Å². The molecular weight excluding hydrogens is 322 g/mol. The van der Waals surface area contributed by atoms with E-state index in [1.165, 1.54) is 16.4 Å². The molecule has 0 saturated carbocycles. The number of carboxylic acid groups (broad SMARTS) is 1. The van der Waals surface area contributed by atoms with E-state index in [1.807, 2.05) is 0 Å². The summed E-state index contributed by atoms with van der Waals surface area (Å²) in [7, 11) is -3.71. The van der Waals surface area contributed by atoms with Gasteiger partial charge < -0.3 is 5.11 Å². The number of rotatable bonds is 4. The minimum absolute atomic E-state index is 0.104. The number of hydrogen-bond acceptors (Lipinski definition) is 4. The molecule has 1 heterocycles. The van der Waals surface area contributed by atoms with Gasteiger partial charge in [0.25, 0.3) is 0 Å². The topological polar surface area (TPSA) is 74.7 Å². The number of carboxylic acids is 1. The van der Waals surface area contributed by atoms with Crippen LogP contribution in [0.25, 0.3) is 0 Å². The third kappa shape index (κ3) is 3.46. The van der Waals surface area contributed by atoms with Crippen LogP contribution >= 0.6 is 23.4 Å². The first-order valence-corrected chi connectivity index (χ1v) is 8.95. The summed E-state index contributed by atoms with van der Waals surface area (Å²) in [5.41, 5.74) is 0. The van der Waals surface area contributed by atoms with Gasteiger partial charge in [0.2, 0.25) is 10.0 Å². The molecule has 1 aliphatic rings. The SMILES string of the molecule is O=C(O)CC1CSCCN1S(=O)(=O)c1cccc(Cl)c1. The Kier molecular flexibility index (Phi) is 4.95. The number of hydrogen-bond donors (Lipinski definition) is 1. The van der Waals surface area contributed by atoms with Crippen LogP contribution in [0.2, 0.25) is 5.02 Å². The Morgan fingerprint density at radius 2 is 2.25 bits per heavy atom. The van der Waals surface area contributed by atoms with Gasteiger partial charge in [-0.3, -0.25) is 4.79 Å². The zero-order valence-electron chi connectivity index (χ0n) is 10.5. The van der Waals surface area contributed by atoms with Crippen LogP contribution in [0.4, 0.5) is 0 Å². The third-order valence-corrected chi connectivity index (χ3v) is 6.26. The molecule has 1 N–H and O–H groups in total. The first-order chi connectivity index (χ1) is 9.41. The molecule has 0 aliphatic carbocycles. The van der Waals surface area contributed by atoms with Crippen molar-refractivity contribution in [1.29, 1.82) is 0 Å². The molecule has 1 aromatic carbocycles. The summed E-state index contributed by atoms with van der Waals surface area (Å²) in [6, 6.07) is 5.51. The molecule has 5 nitrogen and oxygen atoms in total. The lowest BCUT2D eigenvalue weighted by Crippen LogP contribution is -2.46. The maximum absolute atomic E-state index is 12.6. The molecule has 0 radical (unpaired) electrons. The molecule has 1 aliphatic heterocycles. The molecule has 0 spiro atoms. The molecule has 1 atom stereocenters. The molecule has 1 fully saturated rings. The summed E-state index contributed by atoms with van der Waals surface area (Å²) >= 11 is 7.40. The minimum atomic E-state index is -3.71. The van der Waals surface area contributed by atoms with Crippen molar-refractivity contribution >= 4 is 39.4 Å². The number of aliphatic carboxylic acids is 1. The molecule has 1 saturated heterocycles. The van der Waals surface area contributed by atoms with Gasteiger partial charge in [-0.1, -0.05) is 17.7 Å². The lowest BCUT2D eigenvalue weighted by Gasteiger charge is -2.33. The van der Waals surface area contributed by atoms with Crippen LogP contribution in [0.3, 0.4) is 0 Å². The van der Waals surface area contributed by atoms with Gasteiger partial charge in [-0.25, -0.2) is 8.42 Å². The zero-order valence-corrected chi connectivity index (χ0v) is 12.9. The fourth-order valence-corrected chi connectivity index (χ4v) is 5.28. The quantitative estimate of drug-likeness (QED) is 0.910. The van der Waals surface area contributed by atoms with Crippen molar-refractivity contribution in [3.05, 3.63) is 29.3 Å². The van der Waals surface area contributed by atoms with Crippen molar-refractivity contribution in [2.24, 2.45) is 0 Å². The van der Waals surface area contributed by atoms with Crippen LogP contribution in [-0.2, 0) is 14.8 Å². The summed E-state index contributed by atoms with van der Waals surface area (Å²) in [4.78, 5) is 11.0. The first-order valence-electron chi connectivity index (χ1n) is 5.98. The minimum Gasteiger partial charge on any atom is -0.481 e. The van der Waals surface area contributed by atoms with Crippen LogP contribution in [0.1, 0.15) is 6.42 Å². The van der Waals surface area contributed by atoms with Crippen LogP contribution in [0, 0.1) is 0 Å². The maximum Gasteiger partial charge on any atom is 0.305 e. The van der Waals surface area contributed by atoms with Gasteiger partial charge in [-0.15, -0.1) is 0 Å². The summed E-state index contributed by atoms with van der Waals surface area (Å²) < 4.78 is 26.5. The predicted molar refractivity (Wildman–Crippen MR) is 78.7 cm³/mol. The number of carbonyl (C=O) groups is 1. The Hall–Kier alpha value is -0.760. The highest BCUT2D eigenvalue weighted by Crippen LogP contribution is 2.27. The number of nitrogens with zero attached hydrogens (tertiary/aromatic N) is 1. The maximum atomic E-state index is 12.6. The van der Waals surface area contributed by atoms with E-state index in [1.54, 1.807) is 23.9 Å². The van der Waals surface area contributed by atoms with Crippen LogP contribution in [0.5, 0.6) is 0 Å². The number of halogens is 1. The lowest BCUT2D eigenvalue weighted by molar-refractivity contribution is -0.137. The van der Waals surface area contributed by atoms with E-state index in [-0.39, 0.29) is 11.3 Å². The largest absolute Gasteiger partial charge is 0.481 e. The molecule has 2 rings (SSSR count). The molecule has 20 heavy (non-hydrogen) atoms. The lowest BCUT2D eigenvalue weighted by atomic mass is 10.2. The fourth-order valence-electron chi connectivity index (χ4n) is 2.08. The van der Waals surface area contributed by atoms with Gasteiger partial charge in [0.05, 0.1) is 11.3 Å². The molecular formula is C12H14ClNO4S2. The van der Waals surface area contributed by atoms with Gasteiger partial charge in [-0.05, 0) is 18.2 Å². The van der Waals surface area contributed by atoms with Gasteiger partial charge in [0, 0.05) is 29.1 Å². The Bertz CT molecular complexity index is 605. The molecule has 1 unspecified atom stereocenters. The molecule has 8 heteroatoms. The van der Waals surface area contributed by atoms with Gasteiger partial charge in [-0.2, -0.15) is 16.1 Å². The third-order valence-electron chi connectivity index (χ3n) is 2.99. The Labute approximate surface area is 127 Å². The van der Waals surface area contributed by atoms with Crippen LogP contribution in [-0.4, -0.2) is 47.9 Å². The van der Waals surface area contributed by atoms with E-state index in [2.05, 4.69) is 0 Å². The first kappa shape index (κ1) is 15.6. The van der Waals surface area contributed by atoms with Crippen LogP contribution < -0.4 is 0 Å². The molecule has 0 bridgehead atoms. The van der Waals surface area contributed by atoms with Crippen LogP contribution in [0.15, 0.2) is 29.2 Å². The number of thioether (sulfide) groups is 1. The van der Waals surface area contributed by atoms with Crippen molar-refractivity contribution in [2.45, 2.75) is 17.4 Å². The second-order valence-electron chi connectivity index (χ2n) is 4.40. The second-order valence-corrected chi connectivity index (χ2v) is 7.88. The Morgan fingerprint density at radius 3 is 2.90 bits per heavy atom. The van der Waals surface area contributed by atoms with E-state index in [0.717, 1.165) is 0 Å². The zero-order chi connectivity index (χ0) is 14.8. The standard InChI is InChI=1S/C12H14ClNO4S2/c13-9-2-1-3-11(6-9)20(17,18)14-4-5-19-8-10(14)7-12(15)16/h1-3,6,10H,4-5,7-8H2,(H,15,16). The summed E-state index contributed by atoms with van der Waals surface area (Å²) in [5, 5.41) is 9.25. The average molecular weight is 336 g/mol. The molecule has 0 amide bonds. The number of benzene rings is 1. The molecule has 1 aromatic rings. The summed E-state index contributed by atoms with van der Waals surface area (Å²) in [6.45, 7) is 0.317. The Balaban J connectivity index is 2.33. The highest BCUT2D eigenvalue weighted by molar-refractivity contribution is 7.99. The highest BCUT2D eigenvalue weighted by Gasteiger charge is 2.34. The normalized spacial score (nSPS) is 20.8. The van der Waals surface area contributed by atoms with Gasteiger partial charge >= 0.3 is 5.97 Å². The number of sulfonamides is 1. The smallest absolute Gasteiger partial charge is 0.305 e. The van der Waals surface area contributed by atoms with Crippen molar-refractivity contribution < 1.29 is 18.3 Å². The van der Waals surface area contributed by atoms with Crippen molar-refractivity contribution in [2.75, 3.05) is 18.1 Å². The molecule has 0 aromatic heterocycles. The highest BCUT2D eigenvalue weighted by atomic mass is 35.5. The summed E-state index contributed by atoms with van der Waals surface area (Å²) in [5.74, 6) is 0.158. The van der Waals surface area contributed by atoms with E-state index < -0.39 is 22.0 Å². The predicted octanol–water partition coefficient (Wildman–Crippen LogP) is 1.92. The second kappa shape index (κ2) is 6.34. The van der Waals surface area contributed by atoms with E-state index in [0.29, 0.717) is 23.1 Å². The monoisotopic (exact) mass is 335 g/mol. The molecule has 110 valence electrons. The van der Waals surface area contributed by atoms with E-state index in [9.17, 15) is 13.2 Å².